The molecule has 0 rings (SSSR count). The van der Waals surface area contributed by atoms with Gasteiger partial charge in [-0.15, -0.1) is 0 Å². The third-order valence-electron chi connectivity index (χ3n) is 0.553. The monoisotopic (exact) mass is 207 g/mol. The van der Waals surface area contributed by atoms with Gasteiger partial charge < -0.3 is 10.2 Å². The van der Waals surface area contributed by atoms with E-state index in [-0.39, 0.29) is 45.6 Å². The largest absolute Gasteiger partial charge is 0.481 e. The quantitative estimate of drug-likeness (QED) is 0.679. The smallest absolute Gasteiger partial charge is 0.303 e. The number of carbonyl (C=O) groups is 2. The second-order valence-corrected chi connectivity index (χ2v) is 1.29. The van der Waals surface area contributed by atoms with Crippen LogP contribution in [0.15, 0.2) is 0 Å². The van der Waals surface area contributed by atoms with Crippen LogP contribution in [0.1, 0.15) is 12.8 Å². The van der Waals surface area contributed by atoms with Crippen LogP contribution in [-0.2, 0) is 42.3 Å². The summed E-state index contributed by atoms with van der Waals surface area (Å²) in [5, 5.41) is 15.8. The molecule has 0 saturated heterocycles. The van der Waals surface area contributed by atoms with Crippen molar-refractivity contribution in [1.82, 2.24) is 0 Å². The molecule has 2 N–H and O–H groups in total. The fourth-order valence-corrected chi connectivity index (χ4v) is 0.214. The van der Waals surface area contributed by atoms with Gasteiger partial charge in [-0.1, -0.05) is 0 Å². The SMILES string of the molecule is O=C(O)CCC(=O)O.[Y]. The van der Waals surface area contributed by atoms with Crippen LogP contribution in [0.3, 0.4) is 0 Å². The van der Waals surface area contributed by atoms with Crippen LogP contribution in [0.5, 0.6) is 0 Å². The molecule has 0 bridgehead atoms. The summed E-state index contributed by atoms with van der Waals surface area (Å²) in [5.74, 6) is -2.15. The minimum Gasteiger partial charge on any atom is -0.481 e. The number of carboxylic acid groups (broad SMARTS) is 2. The van der Waals surface area contributed by atoms with Gasteiger partial charge >= 0.3 is 11.9 Å². The molecule has 0 aliphatic heterocycles. The summed E-state index contributed by atoms with van der Waals surface area (Å²) < 4.78 is 0. The number of hydrogen-bond acceptors (Lipinski definition) is 2. The summed E-state index contributed by atoms with van der Waals surface area (Å²) in [6.07, 6.45) is -0.593. The molecular weight excluding hydrogens is 201 g/mol. The van der Waals surface area contributed by atoms with E-state index >= 15 is 0 Å². The molecular formula is C4H6O4Y. The van der Waals surface area contributed by atoms with E-state index in [4.69, 9.17) is 10.2 Å². The molecule has 0 aromatic heterocycles. The standard InChI is InChI=1S/C4H6O4.Y/c5-3(6)1-2-4(7)8;/h1-2H2,(H,5,6)(H,7,8);. The van der Waals surface area contributed by atoms with Gasteiger partial charge in [0.05, 0.1) is 12.8 Å². The normalized spacial score (nSPS) is 7.56. The zero-order chi connectivity index (χ0) is 6.57. The van der Waals surface area contributed by atoms with E-state index in [1.54, 1.807) is 0 Å². The predicted octanol–water partition coefficient (Wildman–Crippen LogP) is -0.0667. The van der Waals surface area contributed by atoms with E-state index in [0.717, 1.165) is 0 Å². The molecule has 0 aromatic rings. The molecule has 0 fully saturated rings. The maximum Gasteiger partial charge on any atom is 0.303 e. The van der Waals surface area contributed by atoms with Crippen LogP contribution in [0.2, 0.25) is 0 Å². The van der Waals surface area contributed by atoms with Crippen molar-refractivity contribution in [2.24, 2.45) is 0 Å². The minimum absolute atomic E-state index is 0. The molecule has 49 valence electrons. The van der Waals surface area contributed by atoms with Crippen LogP contribution in [0.25, 0.3) is 0 Å². The van der Waals surface area contributed by atoms with E-state index in [9.17, 15) is 9.59 Å². The van der Waals surface area contributed by atoms with Crippen LogP contribution in [0, 0.1) is 0 Å². The van der Waals surface area contributed by atoms with E-state index in [1.165, 1.54) is 0 Å². The Morgan fingerprint density at radius 2 is 1.22 bits per heavy atom. The first-order valence-electron chi connectivity index (χ1n) is 2.06. The van der Waals surface area contributed by atoms with Gasteiger partial charge in [0, 0.05) is 32.7 Å². The molecule has 0 aromatic carbocycles. The second-order valence-electron chi connectivity index (χ2n) is 1.29. The van der Waals surface area contributed by atoms with Gasteiger partial charge in [0.1, 0.15) is 0 Å². The van der Waals surface area contributed by atoms with Crippen molar-refractivity contribution < 1.29 is 52.5 Å². The fraction of sp³-hybridized carbons (Fsp3) is 0.500. The average Bonchev–Trinajstić information content (AvgIpc) is 1.61. The summed E-state index contributed by atoms with van der Waals surface area (Å²) in [7, 11) is 0. The van der Waals surface area contributed by atoms with E-state index in [2.05, 4.69) is 0 Å². The molecule has 0 aliphatic rings. The summed E-state index contributed by atoms with van der Waals surface area (Å²) in [6.45, 7) is 0. The first-order chi connectivity index (χ1) is 3.63. The van der Waals surface area contributed by atoms with E-state index in [0.29, 0.717) is 0 Å². The Bertz CT molecular complexity index is 97.1. The maximum absolute atomic E-state index is 9.64. The number of rotatable bonds is 3. The van der Waals surface area contributed by atoms with Gasteiger partial charge in [-0.2, -0.15) is 0 Å². The van der Waals surface area contributed by atoms with E-state index in [1.807, 2.05) is 0 Å². The zero-order valence-corrected chi connectivity index (χ0v) is 7.54. The topological polar surface area (TPSA) is 74.6 Å². The molecule has 0 saturated carbocycles. The van der Waals surface area contributed by atoms with Crippen LogP contribution in [-0.4, -0.2) is 22.2 Å². The Kier molecular flexibility index (Phi) is 8.08. The maximum atomic E-state index is 9.64. The fourth-order valence-electron chi connectivity index (χ4n) is 0.214. The molecule has 0 unspecified atom stereocenters. The Morgan fingerprint density at radius 1 is 1.00 bits per heavy atom. The van der Waals surface area contributed by atoms with Crippen molar-refractivity contribution in [3.05, 3.63) is 0 Å². The molecule has 0 amide bonds. The van der Waals surface area contributed by atoms with Gasteiger partial charge in [-0.05, 0) is 0 Å². The van der Waals surface area contributed by atoms with Crippen LogP contribution < -0.4 is 0 Å². The summed E-state index contributed by atoms with van der Waals surface area (Å²) in [6, 6.07) is 0. The molecule has 0 aliphatic carbocycles. The van der Waals surface area contributed by atoms with Gasteiger partial charge in [0.25, 0.3) is 0 Å². The van der Waals surface area contributed by atoms with Crippen molar-refractivity contribution in [2.45, 2.75) is 12.8 Å². The van der Waals surface area contributed by atoms with Crippen molar-refractivity contribution in [2.75, 3.05) is 0 Å². The Balaban J connectivity index is 0. The van der Waals surface area contributed by atoms with Gasteiger partial charge in [0.2, 0.25) is 0 Å². The predicted molar refractivity (Wildman–Crippen MR) is 24.5 cm³/mol. The van der Waals surface area contributed by atoms with Crippen LogP contribution >= 0.6 is 0 Å². The first-order valence-corrected chi connectivity index (χ1v) is 2.06. The van der Waals surface area contributed by atoms with Gasteiger partial charge in [0.15, 0.2) is 0 Å². The molecule has 0 atom stereocenters. The minimum atomic E-state index is -1.08. The van der Waals surface area contributed by atoms with Gasteiger partial charge in [-0.25, -0.2) is 0 Å². The summed E-state index contributed by atoms with van der Waals surface area (Å²) >= 11 is 0. The first kappa shape index (κ1) is 11.8. The molecule has 4 nitrogen and oxygen atoms in total. The van der Waals surface area contributed by atoms with Crippen molar-refractivity contribution >= 4 is 11.9 Å². The third kappa shape index (κ3) is 11.5. The molecule has 9 heavy (non-hydrogen) atoms. The number of aliphatic carboxylic acids is 2. The molecule has 1 radical (unpaired) electrons. The number of carboxylic acids is 2. The average molecular weight is 207 g/mol. The molecule has 0 spiro atoms. The summed E-state index contributed by atoms with van der Waals surface area (Å²) in [4.78, 5) is 19.3. The Hall–Kier alpha value is 0.0439. The molecule has 5 heteroatoms. The third-order valence-corrected chi connectivity index (χ3v) is 0.553. The molecule has 0 heterocycles. The zero-order valence-electron chi connectivity index (χ0n) is 4.70. The Morgan fingerprint density at radius 3 is 1.33 bits per heavy atom. The Labute approximate surface area is 77.1 Å². The van der Waals surface area contributed by atoms with E-state index < -0.39 is 11.9 Å². The van der Waals surface area contributed by atoms with Crippen molar-refractivity contribution in [3.8, 4) is 0 Å². The number of hydrogen-bond donors (Lipinski definition) is 2. The summed E-state index contributed by atoms with van der Waals surface area (Å²) in [5.41, 5.74) is 0. The van der Waals surface area contributed by atoms with Crippen molar-refractivity contribution in [3.63, 3.8) is 0 Å². The second kappa shape index (κ2) is 6.17. The van der Waals surface area contributed by atoms with Gasteiger partial charge in [-0.3, -0.25) is 9.59 Å². The van der Waals surface area contributed by atoms with Crippen LogP contribution in [0.4, 0.5) is 0 Å². The van der Waals surface area contributed by atoms with Crippen molar-refractivity contribution in [1.29, 1.82) is 0 Å².